The molecule has 2 heteroatoms. The normalized spacial score (nSPS) is 13.2. The lowest BCUT2D eigenvalue weighted by Crippen LogP contribution is -2.31. The Bertz CT molecular complexity index is 318. The molecule has 0 aliphatic carbocycles. The molecule has 0 fully saturated rings. The van der Waals surface area contributed by atoms with Crippen molar-refractivity contribution in [2.75, 3.05) is 6.54 Å². The van der Waals surface area contributed by atoms with E-state index in [1.165, 1.54) is 16.7 Å². The average molecular weight is 206 g/mol. The minimum absolute atomic E-state index is 0.0895. The van der Waals surface area contributed by atoms with Crippen molar-refractivity contribution in [3.8, 4) is 0 Å². The van der Waals surface area contributed by atoms with E-state index in [4.69, 9.17) is 5.73 Å². The Morgan fingerprint density at radius 2 is 1.87 bits per heavy atom. The predicted molar refractivity (Wildman–Crippen MR) is 66.0 cm³/mol. The first-order chi connectivity index (χ1) is 7.00. The van der Waals surface area contributed by atoms with E-state index in [9.17, 15) is 0 Å². The third-order valence-corrected chi connectivity index (χ3v) is 2.71. The summed E-state index contributed by atoms with van der Waals surface area (Å²) < 4.78 is 0. The monoisotopic (exact) mass is 206 g/mol. The van der Waals surface area contributed by atoms with E-state index in [2.05, 4.69) is 51.2 Å². The molecule has 1 unspecified atom stereocenters. The van der Waals surface area contributed by atoms with Crippen LogP contribution in [0.5, 0.6) is 0 Å². The second-order valence-corrected chi connectivity index (χ2v) is 4.51. The molecule has 1 aromatic rings. The molecule has 0 radical (unpaired) electrons. The summed E-state index contributed by atoms with van der Waals surface area (Å²) in [6.07, 6.45) is 0. The van der Waals surface area contributed by atoms with Gasteiger partial charge in [0.15, 0.2) is 0 Å². The zero-order chi connectivity index (χ0) is 11.4. The lowest BCUT2D eigenvalue weighted by atomic mass is 10.0. The molecule has 0 aromatic heterocycles. The predicted octanol–water partition coefficient (Wildman–Crippen LogP) is 2.30. The highest BCUT2D eigenvalue weighted by Gasteiger charge is 2.06. The Kier molecular flexibility index (Phi) is 4.30. The molecule has 0 saturated carbocycles. The SMILES string of the molecule is Cc1ccc(C(N)CNC(C)C)cc1C. The van der Waals surface area contributed by atoms with Crippen LogP contribution in [0.2, 0.25) is 0 Å². The largest absolute Gasteiger partial charge is 0.323 e. The van der Waals surface area contributed by atoms with E-state index in [0.717, 1.165) is 6.54 Å². The summed E-state index contributed by atoms with van der Waals surface area (Å²) in [6, 6.07) is 7.02. The Hall–Kier alpha value is -0.860. The molecular formula is C13H22N2. The maximum absolute atomic E-state index is 6.10. The van der Waals surface area contributed by atoms with Crippen molar-refractivity contribution < 1.29 is 0 Å². The first kappa shape index (κ1) is 12.2. The number of benzene rings is 1. The van der Waals surface area contributed by atoms with Crippen LogP contribution in [0.1, 0.15) is 36.6 Å². The first-order valence-electron chi connectivity index (χ1n) is 5.57. The molecule has 84 valence electrons. The first-order valence-corrected chi connectivity index (χ1v) is 5.57. The molecule has 0 aliphatic rings. The van der Waals surface area contributed by atoms with Crippen LogP contribution in [0.25, 0.3) is 0 Å². The van der Waals surface area contributed by atoms with Gasteiger partial charge in [0.05, 0.1) is 0 Å². The minimum Gasteiger partial charge on any atom is -0.323 e. The third kappa shape index (κ3) is 3.65. The number of hydrogen-bond donors (Lipinski definition) is 2. The molecule has 1 rings (SSSR count). The molecule has 0 heterocycles. The fourth-order valence-corrected chi connectivity index (χ4v) is 1.48. The van der Waals surface area contributed by atoms with Gasteiger partial charge in [-0.2, -0.15) is 0 Å². The van der Waals surface area contributed by atoms with E-state index in [1.54, 1.807) is 0 Å². The second-order valence-electron chi connectivity index (χ2n) is 4.51. The molecule has 0 amide bonds. The summed E-state index contributed by atoms with van der Waals surface area (Å²) in [4.78, 5) is 0. The number of aryl methyl sites for hydroxylation is 2. The van der Waals surface area contributed by atoms with Crippen LogP contribution in [0.15, 0.2) is 18.2 Å². The minimum atomic E-state index is 0.0895. The molecule has 1 atom stereocenters. The fourth-order valence-electron chi connectivity index (χ4n) is 1.48. The van der Waals surface area contributed by atoms with Crippen LogP contribution in [0, 0.1) is 13.8 Å². The van der Waals surface area contributed by atoms with Crippen LogP contribution >= 0.6 is 0 Å². The van der Waals surface area contributed by atoms with E-state index in [-0.39, 0.29) is 6.04 Å². The van der Waals surface area contributed by atoms with Crippen LogP contribution in [0.3, 0.4) is 0 Å². The third-order valence-electron chi connectivity index (χ3n) is 2.71. The number of rotatable bonds is 4. The number of nitrogens with one attached hydrogen (secondary N) is 1. The van der Waals surface area contributed by atoms with E-state index < -0.39 is 0 Å². The van der Waals surface area contributed by atoms with Crippen LogP contribution < -0.4 is 11.1 Å². The van der Waals surface area contributed by atoms with Gasteiger partial charge in [0.2, 0.25) is 0 Å². The van der Waals surface area contributed by atoms with Crippen LogP contribution in [-0.2, 0) is 0 Å². The van der Waals surface area contributed by atoms with Crippen molar-refractivity contribution in [3.63, 3.8) is 0 Å². The Balaban J connectivity index is 2.65. The van der Waals surface area contributed by atoms with Gasteiger partial charge in [-0.15, -0.1) is 0 Å². The topological polar surface area (TPSA) is 38.0 Å². The van der Waals surface area contributed by atoms with E-state index in [0.29, 0.717) is 6.04 Å². The molecule has 0 aliphatic heterocycles. The highest BCUT2D eigenvalue weighted by atomic mass is 14.9. The molecule has 0 bridgehead atoms. The lowest BCUT2D eigenvalue weighted by molar-refractivity contribution is 0.537. The summed E-state index contributed by atoms with van der Waals surface area (Å²) in [5.41, 5.74) is 9.95. The van der Waals surface area contributed by atoms with Crippen molar-refractivity contribution >= 4 is 0 Å². The van der Waals surface area contributed by atoms with Crippen molar-refractivity contribution in [2.24, 2.45) is 5.73 Å². The lowest BCUT2D eigenvalue weighted by Gasteiger charge is -2.16. The maximum atomic E-state index is 6.10. The summed E-state index contributed by atoms with van der Waals surface area (Å²) >= 11 is 0. The molecule has 0 saturated heterocycles. The highest BCUT2D eigenvalue weighted by molar-refractivity contribution is 5.31. The van der Waals surface area contributed by atoms with Crippen LogP contribution in [0.4, 0.5) is 0 Å². The summed E-state index contributed by atoms with van der Waals surface area (Å²) in [7, 11) is 0. The van der Waals surface area contributed by atoms with Gasteiger partial charge in [0.25, 0.3) is 0 Å². The maximum Gasteiger partial charge on any atom is 0.0421 e. The van der Waals surface area contributed by atoms with Crippen molar-refractivity contribution in [1.29, 1.82) is 0 Å². The summed E-state index contributed by atoms with van der Waals surface area (Å²) in [6.45, 7) is 9.35. The van der Waals surface area contributed by atoms with Gasteiger partial charge >= 0.3 is 0 Å². The zero-order valence-corrected chi connectivity index (χ0v) is 10.2. The van der Waals surface area contributed by atoms with Gasteiger partial charge in [-0.3, -0.25) is 0 Å². The Morgan fingerprint density at radius 1 is 1.20 bits per heavy atom. The molecule has 1 aromatic carbocycles. The standard InChI is InChI=1S/C13H22N2/c1-9(2)15-8-13(14)12-6-5-10(3)11(4)7-12/h5-7,9,13,15H,8,14H2,1-4H3. The van der Waals surface area contributed by atoms with Crippen molar-refractivity contribution in [3.05, 3.63) is 34.9 Å². The summed E-state index contributed by atoms with van der Waals surface area (Å²) in [5, 5.41) is 3.35. The highest BCUT2D eigenvalue weighted by Crippen LogP contribution is 2.14. The molecule has 0 spiro atoms. The fraction of sp³-hybridized carbons (Fsp3) is 0.538. The van der Waals surface area contributed by atoms with Gasteiger partial charge in [-0.1, -0.05) is 32.0 Å². The Morgan fingerprint density at radius 3 is 2.40 bits per heavy atom. The molecule has 15 heavy (non-hydrogen) atoms. The van der Waals surface area contributed by atoms with E-state index >= 15 is 0 Å². The van der Waals surface area contributed by atoms with Gasteiger partial charge in [-0.05, 0) is 30.5 Å². The van der Waals surface area contributed by atoms with Gasteiger partial charge in [-0.25, -0.2) is 0 Å². The van der Waals surface area contributed by atoms with Crippen molar-refractivity contribution in [1.82, 2.24) is 5.32 Å². The number of nitrogens with two attached hydrogens (primary N) is 1. The quantitative estimate of drug-likeness (QED) is 0.793. The van der Waals surface area contributed by atoms with Crippen molar-refractivity contribution in [2.45, 2.75) is 39.8 Å². The van der Waals surface area contributed by atoms with Crippen LogP contribution in [-0.4, -0.2) is 12.6 Å². The van der Waals surface area contributed by atoms with Gasteiger partial charge < -0.3 is 11.1 Å². The molecule has 3 N–H and O–H groups in total. The second kappa shape index (κ2) is 5.29. The Labute approximate surface area is 92.9 Å². The summed E-state index contributed by atoms with van der Waals surface area (Å²) in [5.74, 6) is 0. The zero-order valence-electron chi connectivity index (χ0n) is 10.2. The van der Waals surface area contributed by atoms with E-state index in [1.807, 2.05) is 0 Å². The molecular weight excluding hydrogens is 184 g/mol. The molecule has 2 nitrogen and oxygen atoms in total. The smallest absolute Gasteiger partial charge is 0.0421 e. The number of hydrogen-bond acceptors (Lipinski definition) is 2. The average Bonchev–Trinajstić information content (AvgIpc) is 2.18. The van der Waals surface area contributed by atoms with Gasteiger partial charge in [0.1, 0.15) is 0 Å². The van der Waals surface area contributed by atoms with Gasteiger partial charge in [0, 0.05) is 18.6 Å².